The smallest absolute Gasteiger partial charge is 0.156 e. The van der Waals surface area contributed by atoms with Gasteiger partial charge in [-0.25, -0.2) is 0 Å². The zero-order valence-corrected chi connectivity index (χ0v) is 12.5. The second kappa shape index (κ2) is 8.61. The highest BCUT2D eigenvalue weighted by Gasteiger charge is 2.10. The molecule has 0 fully saturated rings. The molecule has 0 radical (unpaired) electrons. The zero-order valence-electron chi connectivity index (χ0n) is 11.0. The number of hydrogen-bond donors (Lipinski definition) is 2. The number of benzene rings is 1. The van der Waals surface area contributed by atoms with Gasteiger partial charge < -0.3 is 14.7 Å². The van der Waals surface area contributed by atoms with Crippen LogP contribution in [0.25, 0.3) is 0 Å². The Morgan fingerprint density at radius 1 is 1.21 bits per heavy atom. The van der Waals surface area contributed by atoms with Crippen LogP contribution in [0.15, 0.2) is 18.2 Å². The van der Waals surface area contributed by atoms with Gasteiger partial charge in [0.1, 0.15) is 12.7 Å². The highest BCUT2D eigenvalue weighted by Crippen LogP contribution is 2.32. The summed E-state index contributed by atoms with van der Waals surface area (Å²) in [5, 5.41) is 10.5. The van der Waals surface area contributed by atoms with Crippen molar-refractivity contribution in [2.24, 2.45) is 5.92 Å². The second-order valence-electron chi connectivity index (χ2n) is 4.57. The summed E-state index contributed by atoms with van der Waals surface area (Å²) in [6.45, 7) is 5.03. The van der Waals surface area contributed by atoms with Gasteiger partial charge in [-0.05, 0) is 18.1 Å². The lowest BCUT2D eigenvalue weighted by atomic mass is 10.2. The Kier molecular flexibility index (Phi) is 7.49. The van der Waals surface area contributed by atoms with Gasteiger partial charge in [0.05, 0.1) is 23.2 Å². The molecule has 0 bridgehead atoms. The van der Waals surface area contributed by atoms with E-state index in [0.29, 0.717) is 28.3 Å². The van der Waals surface area contributed by atoms with Gasteiger partial charge in [0.15, 0.2) is 5.75 Å². The molecular formula is C13H19Cl2NO3. The molecule has 0 heterocycles. The van der Waals surface area contributed by atoms with Crippen LogP contribution in [0.4, 0.5) is 0 Å². The van der Waals surface area contributed by atoms with Crippen LogP contribution in [0.3, 0.4) is 0 Å². The fourth-order valence-electron chi connectivity index (χ4n) is 1.24. The molecule has 1 rings (SSSR count). The number of para-hydroxylation sites is 1. The van der Waals surface area contributed by atoms with Crippen molar-refractivity contribution < 1.29 is 14.7 Å². The Balaban J connectivity index is 2.28. The third-order valence-electron chi connectivity index (χ3n) is 2.18. The maximum Gasteiger partial charge on any atom is 0.156 e. The van der Waals surface area contributed by atoms with E-state index in [1.165, 1.54) is 0 Å². The van der Waals surface area contributed by atoms with Crippen molar-refractivity contribution in [1.29, 1.82) is 0 Å². The van der Waals surface area contributed by atoms with Crippen LogP contribution in [0.1, 0.15) is 13.8 Å². The molecule has 19 heavy (non-hydrogen) atoms. The van der Waals surface area contributed by atoms with Crippen LogP contribution < -0.4 is 10.2 Å². The molecule has 6 heteroatoms. The summed E-state index contributed by atoms with van der Waals surface area (Å²) in [7, 11) is 0. The number of aliphatic hydroxyl groups is 1. The summed E-state index contributed by atoms with van der Waals surface area (Å²) >= 11 is 11.9. The third-order valence-corrected chi connectivity index (χ3v) is 2.77. The van der Waals surface area contributed by atoms with E-state index >= 15 is 0 Å². The number of nitrogens with one attached hydrogen (secondary N) is 1. The summed E-state index contributed by atoms with van der Waals surface area (Å²) in [6.07, 6.45) is -0.709. The first-order valence-electron chi connectivity index (χ1n) is 6.10. The summed E-state index contributed by atoms with van der Waals surface area (Å²) < 4.78 is 5.40. The topological polar surface area (TPSA) is 50.7 Å². The normalized spacial score (nSPS) is 12.7. The van der Waals surface area contributed by atoms with E-state index in [2.05, 4.69) is 5.48 Å². The molecular weight excluding hydrogens is 289 g/mol. The lowest BCUT2D eigenvalue weighted by Crippen LogP contribution is -2.32. The first-order valence-corrected chi connectivity index (χ1v) is 6.85. The van der Waals surface area contributed by atoms with Gasteiger partial charge in [0, 0.05) is 0 Å². The average Bonchev–Trinajstić information content (AvgIpc) is 2.34. The number of rotatable bonds is 8. The van der Waals surface area contributed by atoms with Crippen LogP contribution in [0, 0.1) is 5.92 Å². The van der Waals surface area contributed by atoms with Gasteiger partial charge in [-0.15, -0.1) is 0 Å². The highest BCUT2D eigenvalue weighted by molar-refractivity contribution is 6.37. The molecule has 108 valence electrons. The SMILES string of the molecule is CC(C)CONCC(O)COc1c(Cl)cccc1Cl. The minimum Gasteiger partial charge on any atom is -0.488 e. The van der Waals surface area contributed by atoms with E-state index in [-0.39, 0.29) is 13.2 Å². The molecule has 1 atom stereocenters. The number of ether oxygens (including phenoxy) is 1. The first kappa shape index (κ1) is 16.5. The first-order chi connectivity index (χ1) is 9.00. The van der Waals surface area contributed by atoms with Crippen LogP contribution in [-0.2, 0) is 4.84 Å². The molecule has 2 N–H and O–H groups in total. The lowest BCUT2D eigenvalue weighted by molar-refractivity contribution is -0.00771. The van der Waals surface area contributed by atoms with E-state index in [1.54, 1.807) is 18.2 Å². The number of aliphatic hydroxyl groups excluding tert-OH is 1. The number of hydrogen-bond acceptors (Lipinski definition) is 4. The fraction of sp³-hybridized carbons (Fsp3) is 0.538. The molecule has 1 unspecified atom stereocenters. The van der Waals surface area contributed by atoms with Gasteiger partial charge in [0.2, 0.25) is 0 Å². The van der Waals surface area contributed by atoms with Crippen molar-refractivity contribution in [1.82, 2.24) is 5.48 Å². The number of hydroxylamine groups is 1. The standard InChI is InChI=1S/C13H19Cl2NO3/c1-9(2)7-19-16-6-10(17)8-18-13-11(14)4-3-5-12(13)15/h3-5,9-10,16-17H,6-8H2,1-2H3. The van der Waals surface area contributed by atoms with E-state index in [0.717, 1.165) is 0 Å². The molecule has 1 aromatic rings. The Morgan fingerprint density at radius 3 is 2.42 bits per heavy atom. The Bertz CT molecular complexity index is 368. The molecule has 4 nitrogen and oxygen atoms in total. The van der Waals surface area contributed by atoms with Crippen molar-refractivity contribution in [3.8, 4) is 5.75 Å². The Morgan fingerprint density at radius 2 is 1.84 bits per heavy atom. The second-order valence-corrected chi connectivity index (χ2v) is 5.38. The molecule has 0 aromatic heterocycles. The van der Waals surface area contributed by atoms with Crippen molar-refractivity contribution in [2.75, 3.05) is 19.8 Å². The van der Waals surface area contributed by atoms with Crippen LogP contribution in [0.2, 0.25) is 10.0 Å². The quantitative estimate of drug-likeness (QED) is 0.573. The highest BCUT2D eigenvalue weighted by atomic mass is 35.5. The average molecular weight is 308 g/mol. The largest absolute Gasteiger partial charge is 0.488 e. The fourth-order valence-corrected chi connectivity index (χ4v) is 1.75. The Hall–Kier alpha value is -0.520. The molecule has 0 saturated heterocycles. The van der Waals surface area contributed by atoms with E-state index in [9.17, 15) is 5.11 Å². The van der Waals surface area contributed by atoms with Gasteiger partial charge in [-0.3, -0.25) is 0 Å². The van der Waals surface area contributed by atoms with Gasteiger partial charge >= 0.3 is 0 Å². The van der Waals surface area contributed by atoms with Crippen molar-refractivity contribution in [3.63, 3.8) is 0 Å². The van der Waals surface area contributed by atoms with Crippen molar-refractivity contribution in [2.45, 2.75) is 20.0 Å². The maximum absolute atomic E-state index is 9.70. The van der Waals surface area contributed by atoms with Gasteiger partial charge in [-0.1, -0.05) is 43.1 Å². The van der Waals surface area contributed by atoms with Crippen LogP contribution in [-0.4, -0.2) is 31.0 Å². The monoisotopic (exact) mass is 307 g/mol. The minimum atomic E-state index is -0.709. The van der Waals surface area contributed by atoms with E-state index in [1.807, 2.05) is 13.8 Å². The van der Waals surface area contributed by atoms with Crippen molar-refractivity contribution >= 4 is 23.2 Å². The Labute approximate surface area is 123 Å². The van der Waals surface area contributed by atoms with E-state index < -0.39 is 6.10 Å². The summed E-state index contributed by atoms with van der Waals surface area (Å²) in [6, 6.07) is 5.09. The van der Waals surface area contributed by atoms with E-state index in [4.69, 9.17) is 32.8 Å². The number of halogens is 2. The third kappa shape index (κ3) is 6.45. The molecule has 0 saturated carbocycles. The van der Waals surface area contributed by atoms with Gasteiger partial charge in [-0.2, -0.15) is 5.48 Å². The molecule has 0 spiro atoms. The summed E-state index contributed by atoms with van der Waals surface area (Å²) in [5.41, 5.74) is 2.69. The molecule has 0 aliphatic heterocycles. The summed E-state index contributed by atoms with van der Waals surface area (Å²) in [5.74, 6) is 0.816. The molecule has 0 aliphatic rings. The predicted octanol–water partition coefficient (Wildman–Crippen LogP) is 2.91. The lowest BCUT2D eigenvalue weighted by Gasteiger charge is -2.15. The minimum absolute atomic E-state index is 0.0848. The molecule has 0 aliphatic carbocycles. The van der Waals surface area contributed by atoms with Crippen LogP contribution in [0.5, 0.6) is 5.75 Å². The zero-order chi connectivity index (χ0) is 14.3. The van der Waals surface area contributed by atoms with Gasteiger partial charge in [0.25, 0.3) is 0 Å². The van der Waals surface area contributed by atoms with Crippen LogP contribution >= 0.6 is 23.2 Å². The predicted molar refractivity (Wildman–Crippen MR) is 76.8 cm³/mol. The maximum atomic E-state index is 9.70. The molecule has 1 aromatic carbocycles. The summed E-state index contributed by atoms with van der Waals surface area (Å²) in [4.78, 5) is 5.15. The molecule has 0 amide bonds. The van der Waals surface area contributed by atoms with Crippen molar-refractivity contribution in [3.05, 3.63) is 28.2 Å².